The molecule has 0 radical (unpaired) electrons. The van der Waals surface area contributed by atoms with Gasteiger partial charge in [-0.15, -0.1) is 10.2 Å². The van der Waals surface area contributed by atoms with E-state index in [1.54, 1.807) is 12.1 Å². The molecular formula is C23H25FN4OS. The van der Waals surface area contributed by atoms with Crippen LogP contribution in [0.5, 0.6) is 0 Å². The number of amides is 1. The van der Waals surface area contributed by atoms with Crippen LogP contribution in [0.25, 0.3) is 0 Å². The summed E-state index contributed by atoms with van der Waals surface area (Å²) in [6.07, 6.45) is 3.66. The molecule has 1 amide bonds. The normalized spacial score (nSPS) is 14.9. The van der Waals surface area contributed by atoms with Crippen LogP contribution in [0, 0.1) is 11.7 Å². The summed E-state index contributed by atoms with van der Waals surface area (Å²) in [5, 5.41) is 12.6. The number of aromatic nitrogens is 3. The van der Waals surface area contributed by atoms with Gasteiger partial charge in [0.25, 0.3) is 0 Å². The van der Waals surface area contributed by atoms with E-state index in [1.807, 2.05) is 48.0 Å². The lowest BCUT2D eigenvalue weighted by atomic mass is 9.84. The van der Waals surface area contributed by atoms with Crippen LogP contribution < -0.4 is 5.32 Å². The molecule has 0 spiro atoms. The predicted octanol–water partition coefficient (Wildman–Crippen LogP) is 4.45. The highest BCUT2D eigenvalue weighted by atomic mass is 32.2. The van der Waals surface area contributed by atoms with E-state index in [4.69, 9.17) is 0 Å². The van der Waals surface area contributed by atoms with Crippen LogP contribution in [0.1, 0.15) is 42.3 Å². The number of nitrogens with one attached hydrogen (secondary N) is 1. The second kappa shape index (κ2) is 9.43. The van der Waals surface area contributed by atoms with Crippen LogP contribution >= 0.6 is 11.8 Å². The van der Waals surface area contributed by atoms with Gasteiger partial charge in [0.2, 0.25) is 5.91 Å². The molecule has 1 N–H and O–H groups in total. The highest BCUT2D eigenvalue weighted by Gasteiger charge is 2.29. The van der Waals surface area contributed by atoms with Crippen LogP contribution in [0.15, 0.2) is 59.8 Å². The Morgan fingerprint density at radius 1 is 1.17 bits per heavy atom. The summed E-state index contributed by atoms with van der Waals surface area (Å²) < 4.78 is 15.8. The van der Waals surface area contributed by atoms with Crippen molar-refractivity contribution in [3.05, 3.63) is 77.4 Å². The van der Waals surface area contributed by atoms with Gasteiger partial charge in [-0.05, 0) is 36.5 Å². The molecule has 0 aliphatic heterocycles. The maximum atomic E-state index is 13.9. The molecule has 1 aliphatic rings. The third-order valence-corrected chi connectivity index (χ3v) is 6.64. The first-order valence-electron chi connectivity index (χ1n) is 10.2. The Morgan fingerprint density at radius 3 is 2.60 bits per heavy atom. The first-order valence-corrected chi connectivity index (χ1v) is 11.2. The van der Waals surface area contributed by atoms with E-state index in [0.717, 1.165) is 24.8 Å². The summed E-state index contributed by atoms with van der Waals surface area (Å²) in [6, 6.07) is 16.5. The van der Waals surface area contributed by atoms with Crippen molar-refractivity contribution >= 4 is 17.7 Å². The average molecular weight is 425 g/mol. The fourth-order valence-electron chi connectivity index (χ4n) is 3.53. The number of hydrogen-bond donors (Lipinski definition) is 1. The number of nitrogens with zero attached hydrogens (tertiary/aromatic N) is 3. The molecule has 3 aromatic rings. The highest BCUT2D eigenvalue weighted by Crippen LogP contribution is 2.29. The van der Waals surface area contributed by atoms with Gasteiger partial charge in [-0.25, -0.2) is 4.39 Å². The monoisotopic (exact) mass is 424 g/mol. The zero-order valence-corrected chi connectivity index (χ0v) is 17.7. The Kier molecular flexibility index (Phi) is 6.47. The second-order valence-electron chi connectivity index (χ2n) is 7.66. The van der Waals surface area contributed by atoms with E-state index in [9.17, 15) is 9.18 Å². The number of carbonyl (C=O) groups is 1. The molecule has 1 saturated carbocycles. The van der Waals surface area contributed by atoms with E-state index >= 15 is 0 Å². The minimum atomic E-state index is -0.263. The lowest BCUT2D eigenvalue weighted by Gasteiger charge is -2.27. The second-order valence-corrected chi connectivity index (χ2v) is 8.60. The van der Waals surface area contributed by atoms with Crippen LogP contribution in [0.3, 0.4) is 0 Å². The molecular weight excluding hydrogens is 399 g/mol. The molecule has 0 bridgehead atoms. The smallest absolute Gasteiger partial charge is 0.223 e. The fraction of sp³-hybridized carbons (Fsp3) is 0.348. The summed E-state index contributed by atoms with van der Waals surface area (Å²) in [4.78, 5) is 12.7. The van der Waals surface area contributed by atoms with Crippen molar-refractivity contribution in [2.45, 2.75) is 42.6 Å². The molecule has 0 unspecified atom stereocenters. The third kappa shape index (κ3) is 4.73. The first-order chi connectivity index (χ1) is 14.6. The Balaban J connectivity index is 1.52. The molecule has 1 fully saturated rings. The van der Waals surface area contributed by atoms with Crippen LogP contribution in [0.2, 0.25) is 0 Å². The predicted molar refractivity (Wildman–Crippen MR) is 115 cm³/mol. The number of benzene rings is 2. The first kappa shape index (κ1) is 20.6. The van der Waals surface area contributed by atoms with Crippen LogP contribution in [0.4, 0.5) is 4.39 Å². The largest absolute Gasteiger partial charge is 0.345 e. The van der Waals surface area contributed by atoms with Gasteiger partial charge >= 0.3 is 0 Å². The number of hydrogen-bond acceptors (Lipinski definition) is 4. The zero-order chi connectivity index (χ0) is 20.9. The average Bonchev–Trinajstić information content (AvgIpc) is 3.07. The van der Waals surface area contributed by atoms with Crippen molar-refractivity contribution in [3.63, 3.8) is 0 Å². The summed E-state index contributed by atoms with van der Waals surface area (Å²) in [5.41, 5.74) is 1.76. The lowest BCUT2D eigenvalue weighted by Crippen LogP contribution is -2.38. The zero-order valence-electron chi connectivity index (χ0n) is 16.9. The maximum absolute atomic E-state index is 13.9. The van der Waals surface area contributed by atoms with Crippen molar-refractivity contribution in [1.29, 1.82) is 0 Å². The molecule has 1 atom stereocenters. The van der Waals surface area contributed by atoms with E-state index < -0.39 is 0 Å². The van der Waals surface area contributed by atoms with E-state index in [2.05, 4.69) is 15.5 Å². The van der Waals surface area contributed by atoms with Gasteiger partial charge in [-0.3, -0.25) is 4.79 Å². The molecule has 30 heavy (non-hydrogen) atoms. The van der Waals surface area contributed by atoms with Crippen molar-refractivity contribution < 1.29 is 9.18 Å². The molecule has 1 heterocycles. The SMILES string of the molecule is Cn1c(SCc2ccccc2F)nnc1[C@@H](Cc1ccccc1)NC(=O)C1CCC1. The van der Waals surface area contributed by atoms with E-state index in [0.29, 0.717) is 28.7 Å². The number of halogens is 1. The van der Waals surface area contributed by atoms with E-state index in [-0.39, 0.29) is 23.7 Å². The fourth-order valence-corrected chi connectivity index (χ4v) is 4.43. The summed E-state index contributed by atoms with van der Waals surface area (Å²) in [7, 11) is 1.90. The lowest BCUT2D eigenvalue weighted by molar-refractivity contribution is -0.128. The number of carbonyl (C=O) groups excluding carboxylic acids is 1. The van der Waals surface area contributed by atoms with Gasteiger partial charge in [-0.1, -0.05) is 66.7 Å². The Hall–Kier alpha value is -2.67. The summed E-state index contributed by atoms with van der Waals surface area (Å²) in [5.74, 6) is 1.15. The van der Waals surface area contributed by atoms with Gasteiger partial charge < -0.3 is 9.88 Å². The molecule has 0 saturated heterocycles. The topological polar surface area (TPSA) is 59.8 Å². The van der Waals surface area contributed by atoms with Crippen LogP contribution in [-0.4, -0.2) is 20.7 Å². The minimum Gasteiger partial charge on any atom is -0.345 e. The summed E-state index contributed by atoms with van der Waals surface area (Å²) >= 11 is 1.44. The maximum Gasteiger partial charge on any atom is 0.223 e. The van der Waals surface area contributed by atoms with Crippen molar-refractivity contribution in [2.75, 3.05) is 0 Å². The molecule has 1 aliphatic carbocycles. The Bertz CT molecular complexity index is 1000. The van der Waals surface area contributed by atoms with Crippen molar-refractivity contribution in [3.8, 4) is 0 Å². The van der Waals surface area contributed by atoms with E-state index in [1.165, 1.54) is 17.8 Å². The Labute approximate surface area is 180 Å². The van der Waals surface area contributed by atoms with Gasteiger partial charge in [0.1, 0.15) is 5.82 Å². The van der Waals surface area contributed by atoms with Gasteiger partial charge in [0, 0.05) is 18.7 Å². The summed E-state index contributed by atoms with van der Waals surface area (Å²) in [6.45, 7) is 0. The minimum absolute atomic E-state index is 0.0886. The number of rotatable bonds is 8. The van der Waals surface area contributed by atoms with Gasteiger partial charge in [-0.2, -0.15) is 0 Å². The molecule has 4 rings (SSSR count). The molecule has 156 valence electrons. The van der Waals surface area contributed by atoms with Crippen LogP contribution in [-0.2, 0) is 24.0 Å². The number of thioether (sulfide) groups is 1. The highest BCUT2D eigenvalue weighted by molar-refractivity contribution is 7.98. The Morgan fingerprint density at radius 2 is 1.90 bits per heavy atom. The standard InChI is InChI=1S/C23H25FN4OS/c1-28-21(26-27-23(28)30-15-18-10-5-6-13-19(18)24)20(14-16-8-3-2-4-9-16)25-22(29)17-11-7-12-17/h2-6,8-10,13,17,20H,7,11-12,14-15H2,1H3,(H,25,29)/t20-/m1/s1. The van der Waals surface area contributed by atoms with Gasteiger partial charge in [0.15, 0.2) is 11.0 Å². The van der Waals surface area contributed by atoms with Gasteiger partial charge in [0.05, 0.1) is 6.04 Å². The van der Waals surface area contributed by atoms with Crippen molar-refractivity contribution in [1.82, 2.24) is 20.1 Å². The van der Waals surface area contributed by atoms with Crippen molar-refractivity contribution in [2.24, 2.45) is 13.0 Å². The molecule has 2 aromatic carbocycles. The molecule has 7 heteroatoms. The molecule has 5 nitrogen and oxygen atoms in total. The quantitative estimate of drug-likeness (QED) is 0.543. The molecule has 1 aromatic heterocycles. The third-order valence-electron chi connectivity index (χ3n) is 5.57.